The van der Waals surface area contributed by atoms with E-state index in [1.807, 2.05) is 33.3 Å². The summed E-state index contributed by atoms with van der Waals surface area (Å²) in [6.45, 7) is 22.8. The van der Waals surface area contributed by atoms with Crippen molar-refractivity contribution in [1.29, 1.82) is 0 Å². The second kappa shape index (κ2) is 9.03. The Bertz CT molecular complexity index is 884. The van der Waals surface area contributed by atoms with Crippen LogP contribution in [-0.2, 0) is 0 Å². The number of aryl methyl sites for hydroxylation is 1. The van der Waals surface area contributed by atoms with Gasteiger partial charge in [0.1, 0.15) is 11.7 Å². The van der Waals surface area contributed by atoms with Crippen molar-refractivity contribution >= 4 is 11.4 Å². The second-order valence-electron chi connectivity index (χ2n) is 7.79. The molecule has 29 heavy (non-hydrogen) atoms. The van der Waals surface area contributed by atoms with Crippen molar-refractivity contribution < 1.29 is 0 Å². The van der Waals surface area contributed by atoms with E-state index in [2.05, 4.69) is 72.6 Å². The lowest BCUT2D eigenvalue weighted by Crippen LogP contribution is -2.26. The van der Waals surface area contributed by atoms with Gasteiger partial charge in [0.25, 0.3) is 0 Å². The van der Waals surface area contributed by atoms with E-state index in [1.54, 1.807) is 11.2 Å². The van der Waals surface area contributed by atoms with Crippen LogP contribution in [0.3, 0.4) is 0 Å². The molecular formula is C24H33N5. The zero-order chi connectivity index (χ0) is 21.8. The van der Waals surface area contributed by atoms with E-state index in [1.165, 1.54) is 0 Å². The Labute approximate surface area is 175 Å². The molecule has 1 saturated heterocycles. The number of allylic oxidation sites excluding steroid dienone is 5. The Balaban J connectivity index is 2.62. The van der Waals surface area contributed by atoms with Gasteiger partial charge in [-0.05, 0) is 37.5 Å². The average molecular weight is 392 g/mol. The number of unbranched alkanes of at least 4 members (excludes halogenated alkanes) is 1. The van der Waals surface area contributed by atoms with Crippen LogP contribution in [0.15, 0.2) is 72.6 Å². The molecule has 0 radical (unpaired) electrons. The van der Waals surface area contributed by atoms with Gasteiger partial charge in [0.05, 0.1) is 5.70 Å². The molecule has 5 nitrogen and oxygen atoms in total. The van der Waals surface area contributed by atoms with Crippen LogP contribution in [0.25, 0.3) is 5.57 Å². The van der Waals surface area contributed by atoms with Gasteiger partial charge in [-0.25, -0.2) is 9.97 Å². The number of rotatable bonds is 6. The average Bonchev–Trinajstić information content (AvgIpc) is 2.85. The summed E-state index contributed by atoms with van der Waals surface area (Å²) in [5.74, 6) is 1.57. The third-order valence-electron chi connectivity index (χ3n) is 5.25. The van der Waals surface area contributed by atoms with Crippen LogP contribution in [0.4, 0.5) is 0 Å². The normalized spacial score (nSPS) is 18.6. The molecule has 154 valence electrons. The quantitative estimate of drug-likeness (QED) is 0.356. The van der Waals surface area contributed by atoms with Crippen LogP contribution in [0.5, 0.6) is 0 Å². The molecule has 0 unspecified atom stereocenters. The predicted octanol–water partition coefficient (Wildman–Crippen LogP) is 5.67. The monoisotopic (exact) mass is 391 g/mol. The maximum absolute atomic E-state index is 4.60. The molecule has 2 heterocycles. The summed E-state index contributed by atoms with van der Waals surface area (Å²) < 4.78 is 0. The zero-order valence-corrected chi connectivity index (χ0v) is 18.7. The Morgan fingerprint density at radius 1 is 1.28 bits per heavy atom. The molecule has 0 saturated carbocycles. The summed E-state index contributed by atoms with van der Waals surface area (Å²) in [6.07, 6.45) is 11.8. The largest absolute Gasteiger partial charge is 0.300 e. The van der Waals surface area contributed by atoms with E-state index in [0.29, 0.717) is 0 Å². The zero-order valence-electron chi connectivity index (χ0n) is 18.7. The molecular weight excluding hydrogens is 358 g/mol. The van der Waals surface area contributed by atoms with E-state index in [9.17, 15) is 0 Å². The van der Waals surface area contributed by atoms with Gasteiger partial charge in [0.15, 0.2) is 0 Å². The Kier molecular flexibility index (Phi) is 6.96. The lowest BCUT2D eigenvalue weighted by molar-refractivity contribution is 0.465. The van der Waals surface area contributed by atoms with Crippen molar-refractivity contribution in [3.63, 3.8) is 0 Å². The fourth-order valence-corrected chi connectivity index (χ4v) is 3.14. The van der Waals surface area contributed by atoms with Crippen molar-refractivity contribution in [2.45, 2.75) is 47.5 Å². The van der Waals surface area contributed by atoms with Gasteiger partial charge in [-0.3, -0.25) is 5.01 Å². The van der Waals surface area contributed by atoms with Crippen LogP contribution in [0, 0.1) is 12.3 Å². The topological polar surface area (TPSA) is 44.6 Å². The van der Waals surface area contributed by atoms with Crippen molar-refractivity contribution in [3.05, 3.63) is 78.8 Å². The maximum atomic E-state index is 4.60. The van der Waals surface area contributed by atoms with Crippen LogP contribution in [0.1, 0.15) is 51.9 Å². The first kappa shape index (κ1) is 22.3. The summed E-state index contributed by atoms with van der Waals surface area (Å²) in [7, 11) is 1.86. The summed E-state index contributed by atoms with van der Waals surface area (Å²) in [6, 6.07) is 0. The highest BCUT2D eigenvalue weighted by Gasteiger charge is 2.42. The van der Waals surface area contributed by atoms with E-state index in [-0.39, 0.29) is 5.41 Å². The first-order chi connectivity index (χ1) is 13.6. The molecule has 2 rings (SSSR count). The number of hydrogen-bond donors (Lipinski definition) is 0. The summed E-state index contributed by atoms with van der Waals surface area (Å²) >= 11 is 0. The van der Waals surface area contributed by atoms with Crippen LogP contribution < -0.4 is 0 Å². The highest BCUT2D eigenvalue weighted by atomic mass is 15.5. The second-order valence-corrected chi connectivity index (χ2v) is 7.79. The highest BCUT2D eigenvalue weighted by molar-refractivity contribution is 5.88. The summed E-state index contributed by atoms with van der Waals surface area (Å²) in [5.41, 5.74) is 4.73. The number of hydrogen-bond acceptors (Lipinski definition) is 4. The molecule has 0 bridgehead atoms. The van der Waals surface area contributed by atoms with E-state index in [0.717, 1.165) is 52.6 Å². The summed E-state index contributed by atoms with van der Waals surface area (Å²) in [4.78, 5) is 10.8. The fourth-order valence-electron chi connectivity index (χ4n) is 3.14. The van der Waals surface area contributed by atoms with E-state index < -0.39 is 0 Å². The minimum absolute atomic E-state index is 0.269. The van der Waals surface area contributed by atoms with Crippen LogP contribution in [-0.4, -0.2) is 32.8 Å². The SMILES string of the molecule is C=CN(C)/N=C(\C)N1C(=C)C(C)(C)C(=C)/C1=C\C(=C/CCC)c1cnc(C)nc1. The molecule has 1 aliphatic heterocycles. The molecule has 1 fully saturated rings. The number of likely N-dealkylation sites (tertiary alicyclic amines) is 1. The van der Waals surface area contributed by atoms with Crippen molar-refractivity contribution in [2.75, 3.05) is 7.05 Å². The fraction of sp³-hybridized carbons (Fsp3) is 0.375. The summed E-state index contributed by atoms with van der Waals surface area (Å²) in [5, 5.41) is 6.29. The Hall–Kier alpha value is -2.95. The molecule has 0 aliphatic carbocycles. The molecule has 1 aromatic heterocycles. The number of hydrazone groups is 1. The first-order valence-electron chi connectivity index (χ1n) is 9.94. The van der Waals surface area contributed by atoms with Gasteiger partial charge in [0.2, 0.25) is 0 Å². The van der Waals surface area contributed by atoms with Crippen molar-refractivity contribution in [2.24, 2.45) is 10.5 Å². The van der Waals surface area contributed by atoms with Gasteiger partial charge < -0.3 is 4.90 Å². The van der Waals surface area contributed by atoms with E-state index in [4.69, 9.17) is 0 Å². The molecule has 0 amide bonds. The molecule has 1 aliphatic rings. The lowest BCUT2D eigenvalue weighted by atomic mass is 9.84. The van der Waals surface area contributed by atoms with Gasteiger partial charge in [-0.15, -0.1) is 0 Å². The Morgan fingerprint density at radius 3 is 2.45 bits per heavy atom. The Morgan fingerprint density at radius 2 is 1.90 bits per heavy atom. The number of nitrogens with zero attached hydrogens (tertiary/aromatic N) is 5. The van der Waals surface area contributed by atoms with Crippen molar-refractivity contribution in [3.8, 4) is 0 Å². The molecule has 1 aromatic rings. The van der Waals surface area contributed by atoms with Crippen LogP contribution >= 0.6 is 0 Å². The van der Waals surface area contributed by atoms with Gasteiger partial charge >= 0.3 is 0 Å². The van der Waals surface area contributed by atoms with Gasteiger partial charge in [-0.2, -0.15) is 5.10 Å². The first-order valence-corrected chi connectivity index (χ1v) is 9.94. The van der Waals surface area contributed by atoms with E-state index >= 15 is 0 Å². The van der Waals surface area contributed by atoms with Gasteiger partial charge in [0, 0.05) is 42.3 Å². The predicted molar refractivity (Wildman–Crippen MR) is 123 cm³/mol. The molecule has 0 spiro atoms. The minimum Gasteiger partial charge on any atom is -0.300 e. The minimum atomic E-state index is -0.269. The van der Waals surface area contributed by atoms with Crippen LogP contribution in [0.2, 0.25) is 0 Å². The molecule has 0 aromatic carbocycles. The molecule has 0 atom stereocenters. The maximum Gasteiger partial charge on any atom is 0.131 e. The number of amidine groups is 1. The standard InChI is InChI=1S/C24H33N5/c1-10-12-13-21(22-15-25-19(5)26-16-22)14-23-17(3)24(7,8)18(4)29(23)20(6)27-28(9)11-2/h11,13-16H,2-4,10,12H2,1,5-9H3/b21-13+,23-14+,27-20+. The molecule has 5 heteroatoms. The van der Waals surface area contributed by atoms with Gasteiger partial charge in [-0.1, -0.05) is 53.0 Å². The third kappa shape index (κ3) is 4.73. The lowest BCUT2D eigenvalue weighted by Gasteiger charge is -2.25. The molecule has 0 N–H and O–H groups in total. The van der Waals surface area contributed by atoms with Crippen molar-refractivity contribution in [1.82, 2.24) is 19.9 Å². The third-order valence-corrected chi connectivity index (χ3v) is 5.25. The number of aromatic nitrogens is 2. The smallest absolute Gasteiger partial charge is 0.131 e. The highest BCUT2D eigenvalue weighted by Crippen LogP contribution is 2.49.